The summed E-state index contributed by atoms with van der Waals surface area (Å²) in [6, 6.07) is 4.09. The van der Waals surface area contributed by atoms with Crippen LogP contribution in [-0.2, 0) is 10.2 Å². The zero-order chi connectivity index (χ0) is 23.6. The van der Waals surface area contributed by atoms with Crippen LogP contribution < -0.4 is 15.3 Å². The Balaban J connectivity index is 1.53. The number of nitrogens with zero attached hydrogens (tertiary/aromatic N) is 1. The SMILES string of the molecule is CC1(C)CC(=O)c2c(ccc3c2NC(=O)[C@]32C[C@@]3([NH+]([O-])O)CN4CCC[C@@H]4C[C@@H]3C2(C)C)O1. The maximum atomic E-state index is 13.9. The standard InChI is InChI=1S/C25H33N3O5/c1-22(2)11-16(29)19-17(33-22)8-7-15-20(19)26-21(30)25(15)12-24(28(31)32)13-27-9-5-6-14(27)10-18(24)23(25,3)4/h7-8,14,18,28,31H,5-6,9-13H2,1-4H3,(H,26,30)/t14-,18-,24-,25+/m1/s1. The Kier molecular flexibility index (Phi) is 4.15. The molecule has 0 aromatic heterocycles. The molecule has 1 amide bonds. The van der Waals surface area contributed by atoms with E-state index in [4.69, 9.17) is 4.74 Å². The highest BCUT2D eigenvalue weighted by Crippen LogP contribution is 2.67. The summed E-state index contributed by atoms with van der Waals surface area (Å²) >= 11 is 0. The first-order valence-electron chi connectivity index (χ1n) is 12.1. The second-order valence-corrected chi connectivity index (χ2v) is 12.1. The molecule has 6 rings (SSSR count). The third kappa shape index (κ3) is 2.50. The van der Waals surface area contributed by atoms with E-state index in [0.717, 1.165) is 31.4 Å². The molecule has 1 spiro atoms. The number of benzene rings is 1. The van der Waals surface area contributed by atoms with Gasteiger partial charge in [0.2, 0.25) is 5.91 Å². The summed E-state index contributed by atoms with van der Waals surface area (Å²) in [4.78, 5) is 29.4. The summed E-state index contributed by atoms with van der Waals surface area (Å²) in [5, 5.41) is 25.7. The van der Waals surface area contributed by atoms with Crippen molar-refractivity contribution in [1.29, 1.82) is 0 Å². The number of fused-ring (bicyclic) bond motifs is 6. The molecule has 0 radical (unpaired) electrons. The van der Waals surface area contributed by atoms with Crippen LogP contribution in [0.1, 0.15) is 75.7 Å². The first-order chi connectivity index (χ1) is 15.4. The lowest BCUT2D eigenvalue weighted by Crippen LogP contribution is -3.16. The molecule has 33 heavy (non-hydrogen) atoms. The molecule has 8 heteroatoms. The van der Waals surface area contributed by atoms with Gasteiger partial charge < -0.3 is 15.3 Å². The van der Waals surface area contributed by atoms with Crippen molar-refractivity contribution in [2.75, 3.05) is 18.4 Å². The van der Waals surface area contributed by atoms with Crippen molar-refractivity contribution < 1.29 is 24.8 Å². The first kappa shape index (κ1) is 21.5. The molecule has 5 aliphatic rings. The third-order valence-corrected chi connectivity index (χ3v) is 9.64. The van der Waals surface area contributed by atoms with Gasteiger partial charge >= 0.3 is 0 Å². The number of carbonyl (C=O) groups excluding carboxylic acids is 2. The van der Waals surface area contributed by atoms with E-state index in [9.17, 15) is 20.0 Å². The molecule has 1 aliphatic carbocycles. The van der Waals surface area contributed by atoms with Crippen LogP contribution in [0.5, 0.6) is 5.75 Å². The van der Waals surface area contributed by atoms with E-state index in [0.29, 0.717) is 29.6 Å². The lowest BCUT2D eigenvalue weighted by atomic mass is 9.60. The quantitative estimate of drug-likeness (QED) is 0.560. The smallest absolute Gasteiger partial charge is 0.235 e. The fourth-order valence-corrected chi connectivity index (χ4v) is 8.19. The Hall–Kier alpha value is -2.00. The Morgan fingerprint density at radius 3 is 2.73 bits per heavy atom. The van der Waals surface area contributed by atoms with Crippen molar-refractivity contribution in [2.45, 2.75) is 82.4 Å². The number of rotatable bonds is 1. The highest BCUT2D eigenvalue weighted by molar-refractivity contribution is 6.15. The van der Waals surface area contributed by atoms with Crippen molar-refractivity contribution in [2.24, 2.45) is 11.3 Å². The number of quaternary nitrogens is 1. The van der Waals surface area contributed by atoms with Crippen molar-refractivity contribution in [3.8, 4) is 5.75 Å². The molecule has 178 valence electrons. The van der Waals surface area contributed by atoms with Gasteiger partial charge in [-0.2, -0.15) is 0 Å². The lowest BCUT2D eigenvalue weighted by Gasteiger charge is -2.50. The van der Waals surface area contributed by atoms with E-state index < -0.39 is 27.2 Å². The van der Waals surface area contributed by atoms with Crippen LogP contribution in [0.2, 0.25) is 0 Å². The van der Waals surface area contributed by atoms with Crippen molar-refractivity contribution in [3.63, 3.8) is 0 Å². The molecule has 8 nitrogen and oxygen atoms in total. The van der Waals surface area contributed by atoms with E-state index in [1.807, 2.05) is 19.9 Å². The van der Waals surface area contributed by atoms with E-state index in [2.05, 4.69) is 24.1 Å². The van der Waals surface area contributed by atoms with Gasteiger partial charge in [-0.3, -0.25) is 14.5 Å². The zero-order valence-electron chi connectivity index (χ0n) is 19.8. The van der Waals surface area contributed by atoms with Gasteiger partial charge in [-0.15, -0.1) is 0 Å². The van der Waals surface area contributed by atoms with Gasteiger partial charge in [-0.1, -0.05) is 19.9 Å². The number of anilines is 1. The molecule has 2 saturated heterocycles. The predicted molar refractivity (Wildman–Crippen MR) is 120 cm³/mol. The number of piperidine rings is 1. The van der Waals surface area contributed by atoms with Gasteiger partial charge in [0.05, 0.1) is 29.6 Å². The molecule has 1 aromatic carbocycles. The fourth-order valence-electron chi connectivity index (χ4n) is 8.19. The van der Waals surface area contributed by atoms with Crippen LogP contribution in [0, 0.1) is 16.5 Å². The molecule has 3 fully saturated rings. The summed E-state index contributed by atoms with van der Waals surface area (Å²) in [6.45, 7) is 9.33. The number of hydroxylamine groups is 2. The second-order valence-electron chi connectivity index (χ2n) is 12.1. The molecule has 4 aliphatic heterocycles. The summed E-state index contributed by atoms with van der Waals surface area (Å²) in [5.74, 6) is 0.149. The first-order valence-corrected chi connectivity index (χ1v) is 12.1. The van der Waals surface area contributed by atoms with Crippen molar-refractivity contribution >= 4 is 17.4 Å². The average molecular weight is 456 g/mol. The molecule has 3 N–H and O–H groups in total. The minimum Gasteiger partial charge on any atom is -0.600 e. The highest BCUT2D eigenvalue weighted by Gasteiger charge is 2.75. The molecule has 5 atom stereocenters. The van der Waals surface area contributed by atoms with Gasteiger partial charge in [0.15, 0.2) is 5.78 Å². The summed E-state index contributed by atoms with van der Waals surface area (Å²) in [5.41, 5.74) is -1.42. The van der Waals surface area contributed by atoms with E-state index in [-0.39, 0.29) is 30.4 Å². The van der Waals surface area contributed by atoms with Crippen LogP contribution in [-0.4, -0.2) is 52.1 Å². The fraction of sp³-hybridized carbons (Fsp3) is 0.680. The van der Waals surface area contributed by atoms with Crippen molar-refractivity contribution in [1.82, 2.24) is 4.90 Å². The predicted octanol–water partition coefficient (Wildman–Crippen LogP) is 2.05. The summed E-state index contributed by atoms with van der Waals surface area (Å²) in [6.07, 6.45) is 3.49. The molecular weight excluding hydrogens is 422 g/mol. The van der Waals surface area contributed by atoms with E-state index in [1.54, 1.807) is 6.07 Å². The van der Waals surface area contributed by atoms with Gasteiger partial charge in [-0.25, -0.2) is 10.4 Å². The molecule has 1 aromatic rings. The Morgan fingerprint density at radius 1 is 1.24 bits per heavy atom. The maximum Gasteiger partial charge on any atom is 0.235 e. The number of ether oxygens (including phenoxy) is 1. The van der Waals surface area contributed by atoms with Gasteiger partial charge in [0.1, 0.15) is 16.9 Å². The Morgan fingerprint density at radius 2 is 2.00 bits per heavy atom. The minimum absolute atomic E-state index is 0.0442. The maximum absolute atomic E-state index is 13.9. The molecule has 1 saturated carbocycles. The Bertz CT molecular complexity index is 1080. The van der Waals surface area contributed by atoms with Crippen LogP contribution in [0.15, 0.2) is 12.1 Å². The molecular formula is C25H33N3O5. The van der Waals surface area contributed by atoms with Crippen LogP contribution in [0.3, 0.4) is 0 Å². The van der Waals surface area contributed by atoms with Crippen LogP contribution in [0.25, 0.3) is 0 Å². The summed E-state index contributed by atoms with van der Waals surface area (Å²) < 4.78 is 6.08. The van der Waals surface area contributed by atoms with E-state index in [1.165, 1.54) is 0 Å². The molecule has 0 bridgehead atoms. The number of carbonyl (C=O) groups is 2. The molecule has 1 unspecified atom stereocenters. The lowest BCUT2D eigenvalue weighted by molar-refractivity contribution is -1.09. The average Bonchev–Trinajstić information content (AvgIpc) is 3.33. The number of amides is 1. The van der Waals surface area contributed by atoms with Crippen molar-refractivity contribution in [3.05, 3.63) is 28.5 Å². The topological polar surface area (TPSA) is 106 Å². The number of hydrogen-bond acceptors (Lipinski definition) is 6. The van der Waals surface area contributed by atoms with Crippen LogP contribution in [0.4, 0.5) is 5.69 Å². The van der Waals surface area contributed by atoms with Gasteiger partial charge in [0, 0.05) is 18.4 Å². The summed E-state index contributed by atoms with van der Waals surface area (Å²) in [7, 11) is 0. The number of hydrogen-bond donors (Lipinski definition) is 3. The zero-order valence-corrected chi connectivity index (χ0v) is 19.8. The van der Waals surface area contributed by atoms with Gasteiger partial charge in [0.25, 0.3) is 0 Å². The number of ketones is 1. The van der Waals surface area contributed by atoms with Crippen LogP contribution >= 0.6 is 0 Å². The number of nitrogens with one attached hydrogen (secondary N) is 2. The highest BCUT2D eigenvalue weighted by atomic mass is 16.8. The minimum atomic E-state index is -0.993. The van der Waals surface area contributed by atoms with Gasteiger partial charge in [-0.05, 0) is 56.7 Å². The monoisotopic (exact) mass is 455 g/mol. The normalized spacial score (nSPS) is 38.8. The largest absolute Gasteiger partial charge is 0.600 e. The third-order valence-electron chi connectivity index (χ3n) is 9.64. The second kappa shape index (κ2) is 6.36. The van der Waals surface area contributed by atoms with E-state index >= 15 is 0 Å². The molecule has 4 heterocycles. The Labute approximate surface area is 193 Å². The number of Topliss-reactive ketones (excluding diaryl/α,β-unsaturated/α-hetero) is 1.